The SMILES string of the molecule is CCC(CCO)NC(=O)c1ccnc(-n2ccnc2)c1. The minimum atomic E-state index is -0.158. The Bertz CT molecular complexity index is 554. The second-order valence-electron chi connectivity index (χ2n) is 4.46. The lowest BCUT2D eigenvalue weighted by atomic mass is 10.1. The van der Waals surface area contributed by atoms with Gasteiger partial charge in [-0.3, -0.25) is 9.36 Å². The van der Waals surface area contributed by atoms with E-state index in [-0.39, 0.29) is 18.6 Å². The number of nitrogens with zero attached hydrogens (tertiary/aromatic N) is 3. The van der Waals surface area contributed by atoms with Crippen molar-refractivity contribution in [2.24, 2.45) is 0 Å². The zero-order chi connectivity index (χ0) is 14.4. The molecule has 0 aliphatic heterocycles. The standard InChI is InChI=1S/C14H18N4O2/c1-2-12(4-8-19)17-14(20)11-3-5-16-13(9-11)18-7-6-15-10-18/h3,5-7,9-10,12,19H,2,4,8H2,1H3,(H,17,20). The number of aromatic nitrogens is 3. The number of nitrogens with one attached hydrogen (secondary N) is 1. The van der Waals surface area contributed by atoms with Gasteiger partial charge in [0.2, 0.25) is 0 Å². The maximum atomic E-state index is 12.2. The largest absolute Gasteiger partial charge is 0.396 e. The van der Waals surface area contributed by atoms with E-state index in [1.807, 2.05) is 6.92 Å². The molecule has 1 unspecified atom stereocenters. The molecule has 2 rings (SSSR count). The van der Waals surface area contributed by atoms with Gasteiger partial charge in [-0.2, -0.15) is 0 Å². The fourth-order valence-corrected chi connectivity index (χ4v) is 1.90. The summed E-state index contributed by atoms with van der Waals surface area (Å²) in [5.74, 6) is 0.486. The van der Waals surface area contributed by atoms with Crippen molar-refractivity contribution in [1.82, 2.24) is 19.9 Å². The molecule has 0 aliphatic carbocycles. The topological polar surface area (TPSA) is 80.0 Å². The van der Waals surface area contributed by atoms with Crippen molar-refractivity contribution in [3.05, 3.63) is 42.6 Å². The molecule has 0 spiro atoms. The molecule has 6 heteroatoms. The van der Waals surface area contributed by atoms with Gasteiger partial charge < -0.3 is 10.4 Å². The number of pyridine rings is 1. The van der Waals surface area contributed by atoms with Crippen LogP contribution in [0.5, 0.6) is 0 Å². The van der Waals surface area contributed by atoms with Crippen LogP contribution in [0.3, 0.4) is 0 Å². The smallest absolute Gasteiger partial charge is 0.251 e. The molecular weight excluding hydrogens is 256 g/mol. The molecule has 1 atom stereocenters. The van der Waals surface area contributed by atoms with Crippen molar-refractivity contribution in [1.29, 1.82) is 0 Å². The second kappa shape index (κ2) is 6.81. The molecule has 20 heavy (non-hydrogen) atoms. The van der Waals surface area contributed by atoms with Crippen LogP contribution in [0.25, 0.3) is 5.82 Å². The summed E-state index contributed by atoms with van der Waals surface area (Å²) in [5.41, 5.74) is 0.542. The summed E-state index contributed by atoms with van der Waals surface area (Å²) in [6.07, 6.45) is 7.99. The van der Waals surface area contributed by atoms with Crippen LogP contribution in [-0.4, -0.2) is 38.2 Å². The number of carbonyl (C=O) groups is 1. The molecule has 0 saturated carbocycles. The summed E-state index contributed by atoms with van der Waals surface area (Å²) < 4.78 is 1.74. The highest BCUT2D eigenvalue weighted by molar-refractivity contribution is 5.94. The van der Waals surface area contributed by atoms with E-state index < -0.39 is 0 Å². The Labute approximate surface area is 117 Å². The lowest BCUT2D eigenvalue weighted by Crippen LogP contribution is -2.35. The molecule has 0 aromatic carbocycles. The zero-order valence-electron chi connectivity index (χ0n) is 11.4. The van der Waals surface area contributed by atoms with Gasteiger partial charge >= 0.3 is 0 Å². The molecule has 106 valence electrons. The molecule has 2 aromatic rings. The van der Waals surface area contributed by atoms with E-state index in [9.17, 15) is 4.79 Å². The molecule has 0 aliphatic rings. The number of rotatable bonds is 6. The summed E-state index contributed by atoms with van der Waals surface area (Å²) in [6, 6.07) is 3.36. The Kier molecular flexibility index (Phi) is 4.84. The Morgan fingerprint density at radius 3 is 3.00 bits per heavy atom. The number of hydrogen-bond donors (Lipinski definition) is 2. The van der Waals surface area contributed by atoms with Gasteiger partial charge in [-0.15, -0.1) is 0 Å². The van der Waals surface area contributed by atoms with Crippen LogP contribution in [-0.2, 0) is 0 Å². The third kappa shape index (κ3) is 3.42. The Balaban J connectivity index is 2.12. The first-order chi connectivity index (χ1) is 9.74. The Hall–Kier alpha value is -2.21. The average Bonchev–Trinajstić information content (AvgIpc) is 3.01. The van der Waals surface area contributed by atoms with Crippen LogP contribution < -0.4 is 5.32 Å². The predicted octanol–water partition coefficient (Wildman–Crippen LogP) is 1.16. The van der Waals surface area contributed by atoms with Crippen molar-refractivity contribution in [3.8, 4) is 5.82 Å². The minimum absolute atomic E-state index is 0.0163. The first-order valence-corrected chi connectivity index (χ1v) is 6.60. The Morgan fingerprint density at radius 1 is 1.50 bits per heavy atom. The lowest BCUT2D eigenvalue weighted by Gasteiger charge is -2.15. The fraction of sp³-hybridized carbons (Fsp3) is 0.357. The van der Waals surface area contributed by atoms with Crippen molar-refractivity contribution in [3.63, 3.8) is 0 Å². The van der Waals surface area contributed by atoms with Crippen LogP contribution in [0.1, 0.15) is 30.1 Å². The summed E-state index contributed by atoms with van der Waals surface area (Å²) >= 11 is 0. The van der Waals surface area contributed by atoms with Crippen LogP contribution in [0.4, 0.5) is 0 Å². The lowest BCUT2D eigenvalue weighted by molar-refractivity contribution is 0.0929. The first-order valence-electron chi connectivity index (χ1n) is 6.60. The number of imidazole rings is 1. The van der Waals surface area contributed by atoms with Gasteiger partial charge in [0.25, 0.3) is 5.91 Å². The van der Waals surface area contributed by atoms with E-state index in [0.717, 1.165) is 6.42 Å². The number of aliphatic hydroxyl groups is 1. The highest BCUT2D eigenvalue weighted by Gasteiger charge is 2.12. The van der Waals surface area contributed by atoms with Gasteiger partial charge in [-0.1, -0.05) is 6.92 Å². The molecule has 1 amide bonds. The maximum absolute atomic E-state index is 12.2. The van der Waals surface area contributed by atoms with Gasteiger partial charge in [-0.05, 0) is 25.0 Å². The van der Waals surface area contributed by atoms with Gasteiger partial charge in [0.15, 0.2) is 0 Å². The molecule has 0 radical (unpaired) electrons. The molecule has 0 bridgehead atoms. The molecule has 2 N–H and O–H groups in total. The quantitative estimate of drug-likeness (QED) is 0.828. The molecular formula is C14H18N4O2. The summed E-state index contributed by atoms with van der Waals surface area (Å²) in [4.78, 5) is 20.3. The second-order valence-corrected chi connectivity index (χ2v) is 4.46. The zero-order valence-corrected chi connectivity index (χ0v) is 11.4. The molecule has 2 aromatic heterocycles. The number of hydrogen-bond acceptors (Lipinski definition) is 4. The first kappa shape index (κ1) is 14.2. The molecule has 0 fully saturated rings. The monoisotopic (exact) mass is 274 g/mol. The van der Waals surface area contributed by atoms with Gasteiger partial charge in [0.1, 0.15) is 12.1 Å². The predicted molar refractivity (Wildman–Crippen MR) is 74.6 cm³/mol. The highest BCUT2D eigenvalue weighted by atomic mass is 16.3. The third-order valence-corrected chi connectivity index (χ3v) is 3.08. The van der Waals surface area contributed by atoms with Gasteiger partial charge in [0.05, 0.1) is 0 Å². The van der Waals surface area contributed by atoms with Crippen molar-refractivity contribution in [2.75, 3.05) is 6.61 Å². The minimum Gasteiger partial charge on any atom is -0.396 e. The van der Waals surface area contributed by atoms with Gasteiger partial charge in [-0.25, -0.2) is 9.97 Å². The fourth-order valence-electron chi connectivity index (χ4n) is 1.90. The van der Waals surface area contributed by atoms with Crippen molar-refractivity contribution in [2.45, 2.75) is 25.8 Å². The van der Waals surface area contributed by atoms with Crippen molar-refractivity contribution < 1.29 is 9.90 Å². The van der Waals surface area contributed by atoms with E-state index in [1.165, 1.54) is 0 Å². The molecule has 6 nitrogen and oxygen atoms in total. The van der Waals surface area contributed by atoms with Crippen LogP contribution in [0.15, 0.2) is 37.1 Å². The summed E-state index contributed by atoms with van der Waals surface area (Å²) in [5, 5.41) is 11.9. The van der Waals surface area contributed by atoms with E-state index in [2.05, 4.69) is 15.3 Å². The highest BCUT2D eigenvalue weighted by Crippen LogP contribution is 2.08. The summed E-state index contributed by atoms with van der Waals surface area (Å²) in [6.45, 7) is 2.04. The van der Waals surface area contributed by atoms with E-state index in [4.69, 9.17) is 5.11 Å². The van der Waals surface area contributed by atoms with Gasteiger partial charge in [0, 0.05) is 36.8 Å². The van der Waals surface area contributed by atoms with E-state index >= 15 is 0 Å². The number of carbonyl (C=O) groups excluding carboxylic acids is 1. The number of aliphatic hydroxyl groups excluding tert-OH is 1. The van der Waals surface area contributed by atoms with E-state index in [1.54, 1.807) is 41.6 Å². The van der Waals surface area contributed by atoms with Crippen molar-refractivity contribution >= 4 is 5.91 Å². The Morgan fingerprint density at radius 2 is 2.35 bits per heavy atom. The normalized spacial score (nSPS) is 12.1. The van der Waals surface area contributed by atoms with Crippen LogP contribution in [0.2, 0.25) is 0 Å². The van der Waals surface area contributed by atoms with E-state index in [0.29, 0.717) is 17.8 Å². The molecule has 2 heterocycles. The third-order valence-electron chi connectivity index (χ3n) is 3.08. The molecule has 0 saturated heterocycles. The van der Waals surface area contributed by atoms with Crippen LogP contribution in [0, 0.1) is 0 Å². The average molecular weight is 274 g/mol. The van der Waals surface area contributed by atoms with Crippen LogP contribution >= 0.6 is 0 Å². The summed E-state index contributed by atoms with van der Waals surface area (Å²) in [7, 11) is 0. The maximum Gasteiger partial charge on any atom is 0.251 e. The number of amides is 1.